The van der Waals surface area contributed by atoms with Gasteiger partial charge in [0.1, 0.15) is 0 Å². The monoisotopic (exact) mass is 304 g/mol. The predicted octanol–water partition coefficient (Wildman–Crippen LogP) is 0.821. The van der Waals surface area contributed by atoms with E-state index in [1.165, 1.54) is 6.20 Å². The smallest absolute Gasteiger partial charge is 0.258 e. The number of hydrogen-bond donors (Lipinski definition) is 3. The van der Waals surface area contributed by atoms with Gasteiger partial charge in [-0.05, 0) is 25.0 Å². The Labute approximate surface area is 118 Å². The molecule has 1 heterocycles. The summed E-state index contributed by atoms with van der Waals surface area (Å²) in [6.07, 6.45) is 4.31. The number of aromatic nitrogens is 2. The Morgan fingerprint density at radius 3 is 3.05 bits per heavy atom. The van der Waals surface area contributed by atoms with E-state index < -0.39 is 10.0 Å². The van der Waals surface area contributed by atoms with Gasteiger partial charge in [-0.1, -0.05) is 6.92 Å². The molecule has 0 amide bonds. The van der Waals surface area contributed by atoms with Crippen molar-refractivity contribution in [3.05, 3.63) is 11.8 Å². The number of H-pyrrole nitrogens is 1. The van der Waals surface area contributed by atoms with Crippen molar-refractivity contribution in [2.75, 3.05) is 5.75 Å². The molecule has 0 spiro atoms. The van der Waals surface area contributed by atoms with E-state index in [-0.39, 0.29) is 17.6 Å². The summed E-state index contributed by atoms with van der Waals surface area (Å²) in [5.41, 5.74) is 6.02. The largest absolute Gasteiger partial charge is 0.326 e. The van der Waals surface area contributed by atoms with Crippen LogP contribution in [0.15, 0.2) is 11.2 Å². The third-order valence-electron chi connectivity index (χ3n) is 3.28. The maximum absolute atomic E-state index is 12.2. The summed E-state index contributed by atoms with van der Waals surface area (Å²) in [5.74, 6) is 1.07. The highest BCUT2D eigenvalue weighted by Crippen LogP contribution is 2.30. The van der Waals surface area contributed by atoms with Gasteiger partial charge < -0.3 is 5.73 Å². The Kier molecular flexibility index (Phi) is 4.88. The standard InChI is InChI=1S/C11H20N4O2S2/c1-2-18-10-4-3-9(5-10)15-19(16,17)11-8(6-12)7-13-14-11/h7,9-10,15H,2-6,12H2,1H3,(H,13,14). The van der Waals surface area contributed by atoms with Crippen LogP contribution in [0.3, 0.4) is 0 Å². The van der Waals surface area contributed by atoms with Gasteiger partial charge in [-0.3, -0.25) is 5.10 Å². The highest BCUT2D eigenvalue weighted by Gasteiger charge is 2.30. The lowest BCUT2D eigenvalue weighted by molar-refractivity contribution is 0.547. The first-order valence-electron chi connectivity index (χ1n) is 6.43. The van der Waals surface area contributed by atoms with Gasteiger partial charge in [0.2, 0.25) is 0 Å². The van der Waals surface area contributed by atoms with Gasteiger partial charge >= 0.3 is 0 Å². The third kappa shape index (κ3) is 3.50. The minimum absolute atomic E-state index is 0.0166. The fourth-order valence-corrected chi connectivity index (χ4v) is 4.96. The van der Waals surface area contributed by atoms with Gasteiger partial charge in [-0.15, -0.1) is 0 Å². The van der Waals surface area contributed by atoms with Gasteiger partial charge in [-0.25, -0.2) is 13.1 Å². The van der Waals surface area contributed by atoms with Crippen LogP contribution in [0, 0.1) is 0 Å². The molecule has 2 atom stereocenters. The molecule has 0 saturated heterocycles. The maximum Gasteiger partial charge on any atom is 0.258 e. The molecule has 19 heavy (non-hydrogen) atoms. The summed E-state index contributed by atoms with van der Waals surface area (Å²) in [5, 5.41) is 6.93. The van der Waals surface area contributed by atoms with E-state index in [1.807, 2.05) is 11.8 Å². The average molecular weight is 304 g/mol. The fraction of sp³-hybridized carbons (Fsp3) is 0.727. The molecule has 1 saturated carbocycles. The van der Waals surface area contributed by atoms with Gasteiger partial charge in [-0.2, -0.15) is 16.9 Å². The topological polar surface area (TPSA) is 101 Å². The number of aromatic amines is 1. The number of nitrogens with two attached hydrogens (primary N) is 1. The Bertz CT molecular complexity index is 515. The summed E-state index contributed by atoms with van der Waals surface area (Å²) in [6.45, 7) is 2.28. The second kappa shape index (κ2) is 6.25. The molecule has 1 aromatic rings. The Balaban J connectivity index is 2.03. The van der Waals surface area contributed by atoms with Gasteiger partial charge in [0.05, 0.1) is 6.20 Å². The number of nitrogens with one attached hydrogen (secondary N) is 2. The molecular weight excluding hydrogens is 284 g/mol. The number of rotatable bonds is 6. The summed E-state index contributed by atoms with van der Waals surface area (Å²) in [7, 11) is -3.54. The van der Waals surface area contributed by atoms with Crippen LogP contribution >= 0.6 is 11.8 Å². The molecule has 1 fully saturated rings. The SMILES string of the molecule is CCSC1CCC(NS(=O)(=O)c2[nH]ncc2CN)C1. The van der Waals surface area contributed by atoms with E-state index >= 15 is 0 Å². The zero-order valence-electron chi connectivity index (χ0n) is 10.9. The lowest BCUT2D eigenvalue weighted by atomic mass is 10.3. The van der Waals surface area contributed by atoms with Crippen molar-refractivity contribution in [2.24, 2.45) is 5.73 Å². The normalized spacial score (nSPS) is 23.9. The molecular formula is C11H20N4O2S2. The minimum Gasteiger partial charge on any atom is -0.326 e. The first-order chi connectivity index (χ1) is 9.06. The molecule has 1 aliphatic carbocycles. The van der Waals surface area contributed by atoms with Gasteiger partial charge in [0, 0.05) is 23.4 Å². The molecule has 0 radical (unpaired) electrons. The van der Waals surface area contributed by atoms with Crippen molar-refractivity contribution in [3.8, 4) is 0 Å². The lowest BCUT2D eigenvalue weighted by Crippen LogP contribution is -2.34. The highest BCUT2D eigenvalue weighted by atomic mass is 32.2. The van der Waals surface area contributed by atoms with Crippen molar-refractivity contribution in [3.63, 3.8) is 0 Å². The molecule has 6 nitrogen and oxygen atoms in total. The lowest BCUT2D eigenvalue weighted by Gasteiger charge is -2.13. The van der Waals surface area contributed by atoms with E-state index in [2.05, 4.69) is 21.8 Å². The number of sulfonamides is 1. The van der Waals surface area contributed by atoms with Crippen LogP contribution in [0.4, 0.5) is 0 Å². The number of nitrogens with zero attached hydrogens (tertiary/aromatic N) is 1. The Hall–Kier alpha value is -0.570. The van der Waals surface area contributed by atoms with Gasteiger partial charge in [0.15, 0.2) is 5.03 Å². The summed E-state index contributed by atoms with van der Waals surface area (Å²) < 4.78 is 27.3. The van der Waals surface area contributed by atoms with E-state index in [0.29, 0.717) is 10.8 Å². The molecule has 8 heteroatoms. The van der Waals surface area contributed by atoms with E-state index in [0.717, 1.165) is 25.0 Å². The van der Waals surface area contributed by atoms with E-state index in [9.17, 15) is 8.42 Å². The van der Waals surface area contributed by atoms with Crippen molar-refractivity contribution in [1.29, 1.82) is 0 Å². The molecule has 0 aromatic carbocycles. The molecule has 0 bridgehead atoms. The van der Waals surface area contributed by atoms with Crippen LogP contribution in [-0.2, 0) is 16.6 Å². The number of hydrogen-bond acceptors (Lipinski definition) is 5. The summed E-state index contributed by atoms with van der Waals surface area (Å²) in [6, 6.07) is 0.0166. The predicted molar refractivity (Wildman–Crippen MR) is 76.4 cm³/mol. The van der Waals surface area contributed by atoms with E-state index in [1.54, 1.807) is 0 Å². The van der Waals surface area contributed by atoms with Gasteiger partial charge in [0.25, 0.3) is 10.0 Å². The number of thioether (sulfide) groups is 1. The second-order valence-electron chi connectivity index (χ2n) is 4.64. The maximum atomic E-state index is 12.2. The summed E-state index contributed by atoms with van der Waals surface area (Å²) in [4.78, 5) is 0. The molecule has 1 aromatic heterocycles. The zero-order chi connectivity index (χ0) is 13.9. The Morgan fingerprint density at radius 2 is 2.37 bits per heavy atom. The molecule has 2 unspecified atom stereocenters. The fourth-order valence-electron chi connectivity index (χ4n) is 2.39. The van der Waals surface area contributed by atoms with Crippen molar-refractivity contribution >= 4 is 21.8 Å². The van der Waals surface area contributed by atoms with Crippen LogP contribution in [0.1, 0.15) is 31.7 Å². The van der Waals surface area contributed by atoms with Crippen LogP contribution in [0.5, 0.6) is 0 Å². The molecule has 1 aliphatic rings. The van der Waals surface area contributed by atoms with Crippen LogP contribution in [-0.4, -0.2) is 35.7 Å². The average Bonchev–Trinajstić information content (AvgIpc) is 2.98. The molecule has 108 valence electrons. The quantitative estimate of drug-likeness (QED) is 0.722. The first-order valence-corrected chi connectivity index (χ1v) is 8.96. The second-order valence-corrected chi connectivity index (χ2v) is 7.87. The van der Waals surface area contributed by atoms with Crippen LogP contribution in [0.2, 0.25) is 0 Å². The minimum atomic E-state index is -3.54. The third-order valence-corrected chi connectivity index (χ3v) is 6.04. The first kappa shape index (κ1) is 14.8. The summed E-state index contributed by atoms with van der Waals surface area (Å²) >= 11 is 1.90. The molecule has 2 rings (SSSR count). The van der Waals surface area contributed by atoms with Crippen molar-refractivity contribution in [1.82, 2.24) is 14.9 Å². The van der Waals surface area contributed by atoms with Crippen LogP contribution in [0.25, 0.3) is 0 Å². The van der Waals surface area contributed by atoms with Crippen molar-refractivity contribution in [2.45, 2.75) is 49.0 Å². The zero-order valence-corrected chi connectivity index (χ0v) is 12.6. The molecule has 0 aliphatic heterocycles. The van der Waals surface area contributed by atoms with Crippen molar-refractivity contribution < 1.29 is 8.42 Å². The molecule has 4 N–H and O–H groups in total. The van der Waals surface area contributed by atoms with Crippen LogP contribution < -0.4 is 10.5 Å². The Morgan fingerprint density at radius 1 is 1.58 bits per heavy atom. The van der Waals surface area contributed by atoms with E-state index in [4.69, 9.17) is 5.73 Å². The highest BCUT2D eigenvalue weighted by molar-refractivity contribution is 7.99.